The number of halogens is 2. The number of carbonyl (C=O) groups excluding carboxylic acids is 1. The number of aryl methyl sites for hydroxylation is 1. The summed E-state index contributed by atoms with van der Waals surface area (Å²) in [7, 11) is 0. The second-order valence-electron chi connectivity index (χ2n) is 8.20. The average Bonchev–Trinajstić information content (AvgIpc) is 2.79. The molecular weight excluding hydrogens is 401 g/mol. The Morgan fingerprint density at radius 1 is 1.00 bits per heavy atom. The van der Waals surface area contributed by atoms with Gasteiger partial charge in [0.05, 0.1) is 5.69 Å². The molecule has 2 heterocycles. The smallest absolute Gasteiger partial charge is 0.222 e. The van der Waals surface area contributed by atoms with Crippen LogP contribution in [0.3, 0.4) is 0 Å². The highest BCUT2D eigenvalue weighted by atomic mass is 35.5. The van der Waals surface area contributed by atoms with Crippen LogP contribution in [0.15, 0.2) is 48.5 Å². The molecule has 2 fully saturated rings. The molecule has 2 aliphatic heterocycles. The quantitative estimate of drug-likeness (QED) is 0.711. The lowest BCUT2D eigenvalue weighted by atomic mass is 10.0. The fraction of sp³-hybridized carbons (Fsp3) is 0.458. The summed E-state index contributed by atoms with van der Waals surface area (Å²) in [5.41, 5.74) is 1.72. The van der Waals surface area contributed by atoms with Gasteiger partial charge in [0.25, 0.3) is 0 Å². The monoisotopic (exact) mass is 429 g/mol. The first-order chi connectivity index (χ1) is 14.6. The van der Waals surface area contributed by atoms with Crippen LogP contribution in [0.5, 0.6) is 0 Å². The molecule has 2 saturated heterocycles. The average molecular weight is 430 g/mol. The fourth-order valence-electron chi connectivity index (χ4n) is 4.62. The van der Waals surface area contributed by atoms with Crippen molar-refractivity contribution in [3.8, 4) is 0 Å². The summed E-state index contributed by atoms with van der Waals surface area (Å²) in [6.07, 6.45) is 3.34. The molecule has 1 unspecified atom stereocenters. The van der Waals surface area contributed by atoms with E-state index in [1.807, 2.05) is 41.3 Å². The standard InChI is InChI=1S/C24H29ClFN3O/c25-21-8-2-1-6-19(21)11-12-24(30)29-13-5-7-20(18-29)27-14-16-28(17-15-27)23-10-4-3-9-22(23)26/h1-4,6,8-10,20H,5,7,11-18H2. The lowest BCUT2D eigenvalue weighted by Crippen LogP contribution is -2.56. The van der Waals surface area contributed by atoms with Gasteiger partial charge in [0.15, 0.2) is 0 Å². The van der Waals surface area contributed by atoms with E-state index in [1.165, 1.54) is 6.07 Å². The van der Waals surface area contributed by atoms with Gasteiger partial charge in [-0.15, -0.1) is 0 Å². The molecule has 0 aromatic heterocycles. The molecule has 1 amide bonds. The van der Waals surface area contributed by atoms with E-state index >= 15 is 0 Å². The summed E-state index contributed by atoms with van der Waals surface area (Å²) in [6, 6.07) is 15.1. The molecule has 4 nitrogen and oxygen atoms in total. The minimum Gasteiger partial charge on any atom is -0.367 e. The van der Waals surface area contributed by atoms with E-state index in [0.29, 0.717) is 24.6 Å². The van der Waals surface area contributed by atoms with Gasteiger partial charge >= 0.3 is 0 Å². The van der Waals surface area contributed by atoms with Gasteiger partial charge in [-0.1, -0.05) is 41.9 Å². The number of hydrogen-bond acceptors (Lipinski definition) is 3. The van der Waals surface area contributed by atoms with Gasteiger partial charge in [-0.3, -0.25) is 9.69 Å². The first kappa shape index (κ1) is 21.1. The van der Waals surface area contributed by atoms with Crippen LogP contribution in [0.4, 0.5) is 10.1 Å². The fourth-order valence-corrected chi connectivity index (χ4v) is 4.85. The van der Waals surface area contributed by atoms with Gasteiger partial charge in [-0.2, -0.15) is 0 Å². The number of likely N-dealkylation sites (tertiary alicyclic amines) is 1. The van der Waals surface area contributed by atoms with E-state index in [0.717, 1.165) is 62.7 Å². The summed E-state index contributed by atoms with van der Waals surface area (Å²) < 4.78 is 14.1. The number of piperidine rings is 1. The zero-order valence-corrected chi connectivity index (χ0v) is 18.0. The molecule has 0 saturated carbocycles. The van der Waals surface area contributed by atoms with E-state index in [1.54, 1.807) is 6.07 Å². The lowest BCUT2D eigenvalue weighted by Gasteiger charge is -2.44. The summed E-state index contributed by atoms with van der Waals surface area (Å²) in [4.78, 5) is 19.4. The normalized spacial score (nSPS) is 20.4. The van der Waals surface area contributed by atoms with Crippen molar-refractivity contribution in [2.75, 3.05) is 44.2 Å². The Hall–Kier alpha value is -2.11. The van der Waals surface area contributed by atoms with Crippen molar-refractivity contribution in [1.82, 2.24) is 9.80 Å². The summed E-state index contributed by atoms with van der Waals surface area (Å²) in [5, 5.41) is 0.731. The SMILES string of the molecule is O=C(CCc1ccccc1Cl)N1CCCC(N2CCN(c3ccccc3F)CC2)C1. The number of rotatable bonds is 5. The number of para-hydroxylation sites is 1. The van der Waals surface area contributed by atoms with Gasteiger partial charge in [0.1, 0.15) is 5.82 Å². The van der Waals surface area contributed by atoms with E-state index in [2.05, 4.69) is 9.80 Å². The number of carbonyl (C=O) groups is 1. The highest BCUT2D eigenvalue weighted by Crippen LogP contribution is 2.24. The predicted molar refractivity (Wildman–Crippen MR) is 120 cm³/mol. The third-order valence-electron chi connectivity index (χ3n) is 6.34. The Kier molecular flexibility index (Phi) is 6.90. The maximum absolute atomic E-state index is 14.1. The first-order valence-corrected chi connectivity index (χ1v) is 11.2. The zero-order chi connectivity index (χ0) is 20.9. The van der Waals surface area contributed by atoms with Crippen LogP contribution in [-0.4, -0.2) is 61.0 Å². The van der Waals surface area contributed by atoms with Crippen molar-refractivity contribution in [3.05, 3.63) is 64.9 Å². The van der Waals surface area contributed by atoms with Gasteiger partial charge in [-0.25, -0.2) is 4.39 Å². The van der Waals surface area contributed by atoms with Crippen molar-refractivity contribution in [1.29, 1.82) is 0 Å². The Morgan fingerprint density at radius 3 is 2.50 bits per heavy atom. The Balaban J connectivity index is 1.28. The molecule has 0 aliphatic carbocycles. The third-order valence-corrected chi connectivity index (χ3v) is 6.71. The molecule has 2 aliphatic rings. The van der Waals surface area contributed by atoms with E-state index in [4.69, 9.17) is 11.6 Å². The highest BCUT2D eigenvalue weighted by molar-refractivity contribution is 6.31. The number of anilines is 1. The largest absolute Gasteiger partial charge is 0.367 e. The molecule has 30 heavy (non-hydrogen) atoms. The van der Waals surface area contributed by atoms with E-state index in [9.17, 15) is 9.18 Å². The third kappa shape index (κ3) is 4.96. The van der Waals surface area contributed by atoms with Gasteiger partial charge in [0, 0.05) is 56.8 Å². The van der Waals surface area contributed by atoms with E-state index < -0.39 is 0 Å². The summed E-state index contributed by atoms with van der Waals surface area (Å²) in [6.45, 7) is 5.07. The summed E-state index contributed by atoms with van der Waals surface area (Å²) in [5.74, 6) is 0.0588. The minimum atomic E-state index is -0.154. The minimum absolute atomic E-state index is 0.154. The second kappa shape index (κ2) is 9.80. The van der Waals surface area contributed by atoms with Crippen molar-refractivity contribution in [2.24, 2.45) is 0 Å². The predicted octanol–water partition coefficient (Wildman–Crippen LogP) is 4.22. The van der Waals surface area contributed by atoms with Crippen LogP contribution in [-0.2, 0) is 11.2 Å². The van der Waals surface area contributed by atoms with Crippen LogP contribution in [0.25, 0.3) is 0 Å². The molecule has 160 valence electrons. The molecule has 6 heteroatoms. The molecule has 2 aromatic rings. The van der Waals surface area contributed by atoms with Crippen LogP contribution in [0, 0.1) is 5.82 Å². The molecule has 0 spiro atoms. The number of hydrogen-bond donors (Lipinski definition) is 0. The Labute approximate surface area is 183 Å². The van der Waals surface area contributed by atoms with Gasteiger partial charge in [0.2, 0.25) is 5.91 Å². The van der Waals surface area contributed by atoms with Crippen molar-refractivity contribution in [2.45, 2.75) is 31.7 Å². The number of piperazine rings is 1. The highest BCUT2D eigenvalue weighted by Gasteiger charge is 2.30. The topological polar surface area (TPSA) is 26.8 Å². The van der Waals surface area contributed by atoms with Crippen molar-refractivity contribution < 1.29 is 9.18 Å². The number of nitrogens with zero attached hydrogens (tertiary/aromatic N) is 3. The van der Waals surface area contributed by atoms with Crippen LogP contribution in [0.1, 0.15) is 24.8 Å². The lowest BCUT2D eigenvalue weighted by molar-refractivity contribution is -0.133. The second-order valence-corrected chi connectivity index (χ2v) is 8.61. The summed E-state index contributed by atoms with van der Waals surface area (Å²) >= 11 is 6.22. The van der Waals surface area contributed by atoms with Gasteiger partial charge in [-0.05, 0) is 43.0 Å². The molecule has 4 rings (SSSR count). The Bertz CT molecular complexity index is 869. The number of amides is 1. The maximum atomic E-state index is 14.1. The molecular formula is C24H29ClFN3O. The Morgan fingerprint density at radius 2 is 1.73 bits per heavy atom. The van der Waals surface area contributed by atoms with E-state index in [-0.39, 0.29) is 11.7 Å². The molecule has 1 atom stereocenters. The van der Waals surface area contributed by atoms with Crippen LogP contribution >= 0.6 is 11.6 Å². The zero-order valence-electron chi connectivity index (χ0n) is 17.3. The molecule has 0 N–H and O–H groups in total. The molecule has 2 aromatic carbocycles. The maximum Gasteiger partial charge on any atom is 0.222 e. The van der Waals surface area contributed by atoms with Crippen LogP contribution < -0.4 is 4.90 Å². The number of benzene rings is 2. The van der Waals surface area contributed by atoms with Crippen molar-refractivity contribution in [3.63, 3.8) is 0 Å². The molecule has 0 bridgehead atoms. The first-order valence-electron chi connectivity index (χ1n) is 10.9. The molecule has 0 radical (unpaired) electrons. The van der Waals surface area contributed by atoms with Crippen LogP contribution in [0.2, 0.25) is 5.02 Å². The van der Waals surface area contributed by atoms with Crippen molar-refractivity contribution >= 4 is 23.2 Å². The van der Waals surface area contributed by atoms with Gasteiger partial charge < -0.3 is 9.80 Å².